The Bertz CT molecular complexity index is 474. The van der Waals surface area contributed by atoms with Crippen LogP contribution >= 0.6 is 11.6 Å². The monoisotopic (exact) mass is 270 g/mol. The summed E-state index contributed by atoms with van der Waals surface area (Å²) in [6, 6.07) is 3.70. The molecule has 1 rings (SSSR count). The number of carboxylic acid groups (broad SMARTS) is 1. The SMILES string of the molecule is CC(C)C(Nc1ccc(C(N)=O)cc1Cl)C(=O)O. The minimum absolute atomic E-state index is 0.102. The summed E-state index contributed by atoms with van der Waals surface area (Å²) in [4.78, 5) is 22.0. The number of anilines is 1. The van der Waals surface area contributed by atoms with Crippen LogP contribution in [0.3, 0.4) is 0 Å². The van der Waals surface area contributed by atoms with Crippen molar-refractivity contribution in [3.05, 3.63) is 28.8 Å². The van der Waals surface area contributed by atoms with E-state index in [4.69, 9.17) is 22.4 Å². The summed E-state index contributed by atoms with van der Waals surface area (Å²) in [6.45, 7) is 3.58. The van der Waals surface area contributed by atoms with Crippen LogP contribution in [0.4, 0.5) is 5.69 Å². The molecule has 98 valence electrons. The highest BCUT2D eigenvalue weighted by molar-refractivity contribution is 6.33. The van der Waals surface area contributed by atoms with Gasteiger partial charge in [-0.25, -0.2) is 4.79 Å². The zero-order chi connectivity index (χ0) is 13.9. The van der Waals surface area contributed by atoms with Crippen molar-refractivity contribution in [3.8, 4) is 0 Å². The van der Waals surface area contributed by atoms with Gasteiger partial charge in [-0.15, -0.1) is 0 Å². The van der Waals surface area contributed by atoms with Gasteiger partial charge in [0.1, 0.15) is 6.04 Å². The van der Waals surface area contributed by atoms with E-state index < -0.39 is 17.9 Å². The van der Waals surface area contributed by atoms with Gasteiger partial charge in [0.25, 0.3) is 0 Å². The zero-order valence-electron chi connectivity index (χ0n) is 10.1. The highest BCUT2D eigenvalue weighted by atomic mass is 35.5. The molecule has 0 aliphatic carbocycles. The van der Waals surface area contributed by atoms with Gasteiger partial charge in [0.2, 0.25) is 5.91 Å². The van der Waals surface area contributed by atoms with Crippen LogP contribution in [0.5, 0.6) is 0 Å². The summed E-state index contributed by atoms with van der Waals surface area (Å²) in [5.41, 5.74) is 5.86. The van der Waals surface area contributed by atoms with Gasteiger partial charge in [0.15, 0.2) is 0 Å². The highest BCUT2D eigenvalue weighted by Gasteiger charge is 2.22. The number of nitrogens with two attached hydrogens (primary N) is 1. The van der Waals surface area contributed by atoms with Crippen molar-refractivity contribution < 1.29 is 14.7 Å². The van der Waals surface area contributed by atoms with Gasteiger partial charge < -0.3 is 16.2 Å². The molecule has 4 N–H and O–H groups in total. The Balaban J connectivity index is 2.97. The number of hydrogen-bond acceptors (Lipinski definition) is 3. The quantitative estimate of drug-likeness (QED) is 0.762. The molecule has 0 radical (unpaired) electrons. The maximum atomic E-state index is 11.1. The maximum Gasteiger partial charge on any atom is 0.326 e. The van der Waals surface area contributed by atoms with Crippen LogP contribution in [0.2, 0.25) is 5.02 Å². The van der Waals surface area contributed by atoms with E-state index in [-0.39, 0.29) is 16.5 Å². The molecule has 0 aromatic heterocycles. The average Bonchev–Trinajstić information content (AvgIpc) is 2.25. The largest absolute Gasteiger partial charge is 0.480 e. The van der Waals surface area contributed by atoms with Crippen LogP contribution in [0.25, 0.3) is 0 Å². The molecule has 0 saturated heterocycles. The summed E-state index contributed by atoms with van der Waals surface area (Å²) in [5, 5.41) is 12.1. The van der Waals surface area contributed by atoms with Crippen LogP contribution in [0.1, 0.15) is 24.2 Å². The molecule has 0 bridgehead atoms. The molecule has 0 saturated carbocycles. The highest BCUT2D eigenvalue weighted by Crippen LogP contribution is 2.24. The standard InChI is InChI=1S/C12H15ClN2O3/c1-6(2)10(12(17)18)15-9-4-3-7(11(14)16)5-8(9)13/h3-6,10,15H,1-2H3,(H2,14,16)(H,17,18). The number of rotatable bonds is 5. The van der Waals surface area contributed by atoms with E-state index in [1.165, 1.54) is 12.1 Å². The summed E-state index contributed by atoms with van der Waals surface area (Å²) in [6.07, 6.45) is 0. The zero-order valence-corrected chi connectivity index (χ0v) is 10.9. The van der Waals surface area contributed by atoms with Gasteiger partial charge in [-0.1, -0.05) is 25.4 Å². The number of nitrogens with one attached hydrogen (secondary N) is 1. The van der Waals surface area contributed by atoms with Crippen LogP contribution in [0, 0.1) is 5.92 Å². The topological polar surface area (TPSA) is 92.4 Å². The first-order chi connectivity index (χ1) is 8.32. The number of benzene rings is 1. The summed E-state index contributed by atoms with van der Waals surface area (Å²) in [5.74, 6) is -1.64. The second kappa shape index (κ2) is 5.73. The lowest BCUT2D eigenvalue weighted by Gasteiger charge is -2.20. The number of halogens is 1. The molecular formula is C12H15ClN2O3. The fourth-order valence-corrected chi connectivity index (χ4v) is 1.70. The molecular weight excluding hydrogens is 256 g/mol. The minimum atomic E-state index is -0.958. The molecule has 1 aromatic rings. The summed E-state index contributed by atoms with van der Waals surface area (Å²) in [7, 11) is 0. The summed E-state index contributed by atoms with van der Waals surface area (Å²) < 4.78 is 0. The lowest BCUT2D eigenvalue weighted by molar-refractivity contribution is -0.138. The van der Waals surface area contributed by atoms with Crippen molar-refractivity contribution in [3.63, 3.8) is 0 Å². The molecule has 1 atom stereocenters. The Morgan fingerprint density at radius 3 is 2.39 bits per heavy atom. The Morgan fingerprint density at radius 1 is 1.39 bits per heavy atom. The van der Waals surface area contributed by atoms with Gasteiger partial charge in [0.05, 0.1) is 10.7 Å². The first-order valence-corrected chi connectivity index (χ1v) is 5.79. The van der Waals surface area contributed by atoms with E-state index in [9.17, 15) is 9.59 Å². The summed E-state index contributed by atoms with van der Waals surface area (Å²) >= 11 is 5.96. The van der Waals surface area contributed by atoms with Gasteiger partial charge in [-0.2, -0.15) is 0 Å². The number of hydrogen-bond donors (Lipinski definition) is 3. The Hall–Kier alpha value is -1.75. The molecule has 0 aliphatic rings. The number of aliphatic carboxylic acids is 1. The second-order valence-electron chi connectivity index (χ2n) is 4.26. The molecule has 0 spiro atoms. The lowest BCUT2D eigenvalue weighted by atomic mass is 10.0. The number of carbonyl (C=O) groups is 2. The third kappa shape index (κ3) is 3.37. The smallest absolute Gasteiger partial charge is 0.326 e. The molecule has 1 aromatic carbocycles. The van der Waals surface area contributed by atoms with E-state index >= 15 is 0 Å². The molecule has 1 unspecified atom stereocenters. The minimum Gasteiger partial charge on any atom is -0.480 e. The van der Waals surface area contributed by atoms with Crippen molar-refractivity contribution in [1.82, 2.24) is 0 Å². The molecule has 0 aliphatic heterocycles. The number of carboxylic acids is 1. The third-order valence-electron chi connectivity index (χ3n) is 2.50. The van der Waals surface area contributed by atoms with Crippen molar-refractivity contribution >= 4 is 29.2 Å². The Labute approximate surface area is 110 Å². The van der Waals surface area contributed by atoms with Crippen LogP contribution in [-0.2, 0) is 4.79 Å². The van der Waals surface area contributed by atoms with Crippen molar-refractivity contribution in [2.24, 2.45) is 11.7 Å². The number of carbonyl (C=O) groups excluding carboxylic acids is 1. The van der Waals surface area contributed by atoms with E-state index in [1.54, 1.807) is 19.9 Å². The fourth-order valence-electron chi connectivity index (χ4n) is 1.47. The first-order valence-electron chi connectivity index (χ1n) is 5.41. The molecule has 5 nitrogen and oxygen atoms in total. The average molecular weight is 271 g/mol. The van der Waals surface area contributed by atoms with Gasteiger partial charge in [-0.05, 0) is 24.1 Å². The van der Waals surface area contributed by atoms with Gasteiger partial charge in [0, 0.05) is 5.56 Å². The van der Waals surface area contributed by atoms with E-state index in [1.807, 2.05) is 0 Å². The van der Waals surface area contributed by atoms with E-state index in [0.29, 0.717) is 5.69 Å². The van der Waals surface area contributed by atoms with Crippen LogP contribution < -0.4 is 11.1 Å². The third-order valence-corrected chi connectivity index (χ3v) is 2.81. The maximum absolute atomic E-state index is 11.1. The predicted octanol–water partition coefficient (Wildman–Crippen LogP) is 1.96. The Morgan fingerprint density at radius 2 is 2.00 bits per heavy atom. The predicted molar refractivity (Wildman–Crippen MR) is 69.9 cm³/mol. The number of primary amides is 1. The van der Waals surface area contributed by atoms with Crippen LogP contribution in [0.15, 0.2) is 18.2 Å². The molecule has 18 heavy (non-hydrogen) atoms. The van der Waals surface area contributed by atoms with Crippen molar-refractivity contribution in [2.45, 2.75) is 19.9 Å². The van der Waals surface area contributed by atoms with Crippen molar-refractivity contribution in [1.29, 1.82) is 0 Å². The lowest BCUT2D eigenvalue weighted by Crippen LogP contribution is -2.34. The van der Waals surface area contributed by atoms with E-state index in [2.05, 4.69) is 5.32 Å². The number of amides is 1. The van der Waals surface area contributed by atoms with E-state index in [0.717, 1.165) is 0 Å². The Kier molecular flexibility index (Phi) is 4.55. The van der Waals surface area contributed by atoms with Gasteiger partial charge >= 0.3 is 5.97 Å². The second-order valence-corrected chi connectivity index (χ2v) is 4.67. The molecule has 6 heteroatoms. The van der Waals surface area contributed by atoms with Gasteiger partial charge in [-0.3, -0.25) is 4.79 Å². The fraction of sp³-hybridized carbons (Fsp3) is 0.333. The van der Waals surface area contributed by atoms with Crippen molar-refractivity contribution in [2.75, 3.05) is 5.32 Å². The normalized spacial score (nSPS) is 12.2. The molecule has 0 heterocycles. The molecule has 1 amide bonds. The van der Waals surface area contributed by atoms with Crippen LogP contribution in [-0.4, -0.2) is 23.0 Å². The molecule has 0 fully saturated rings. The first kappa shape index (κ1) is 14.3.